The van der Waals surface area contributed by atoms with Gasteiger partial charge in [-0.3, -0.25) is 0 Å². The molecular formula is C12H26O2. The van der Waals surface area contributed by atoms with E-state index in [2.05, 4.69) is 41.5 Å². The Bertz CT molecular complexity index is 120. The van der Waals surface area contributed by atoms with E-state index in [9.17, 15) is 0 Å². The van der Waals surface area contributed by atoms with Crippen LogP contribution < -0.4 is 0 Å². The zero-order valence-corrected chi connectivity index (χ0v) is 10.5. The highest BCUT2D eigenvalue weighted by atomic mass is 17.2. The predicted octanol–water partition coefficient (Wildman–Crippen LogP) is 3.80. The van der Waals surface area contributed by atoms with Crippen LogP contribution in [-0.2, 0) is 9.78 Å². The lowest BCUT2D eigenvalue weighted by Crippen LogP contribution is -2.24. The Morgan fingerprint density at radius 1 is 0.714 bits per heavy atom. The molecule has 0 heterocycles. The summed E-state index contributed by atoms with van der Waals surface area (Å²) in [6, 6.07) is 0. The lowest BCUT2D eigenvalue weighted by atomic mass is 10.0. The van der Waals surface area contributed by atoms with Crippen LogP contribution in [-0.4, -0.2) is 12.2 Å². The van der Waals surface area contributed by atoms with Crippen LogP contribution in [0.25, 0.3) is 0 Å². The standard InChI is InChI=1S/C12H26O2/c1-7-9(3)11(5)13-14-12(6)10(4)8-2/h9-12H,7-8H2,1-6H3. The third kappa shape index (κ3) is 4.97. The van der Waals surface area contributed by atoms with Gasteiger partial charge >= 0.3 is 0 Å². The van der Waals surface area contributed by atoms with E-state index in [1.165, 1.54) is 0 Å². The summed E-state index contributed by atoms with van der Waals surface area (Å²) in [4.78, 5) is 10.8. The molecule has 0 spiro atoms. The molecule has 0 rings (SSSR count). The Hall–Kier alpha value is -0.0800. The molecule has 2 heteroatoms. The van der Waals surface area contributed by atoms with Gasteiger partial charge in [0, 0.05) is 0 Å². The molecule has 0 bridgehead atoms. The first kappa shape index (κ1) is 13.9. The van der Waals surface area contributed by atoms with Crippen LogP contribution in [0.1, 0.15) is 54.4 Å². The van der Waals surface area contributed by atoms with Gasteiger partial charge in [0.25, 0.3) is 0 Å². The van der Waals surface area contributed by atoms with Crippen molar-refractivity contribution in [1.82, 2.24) is 0 Å². The summed E-state index contributed by atoms with van der Waals surface area (Å²) in [5.74, 6) is 1.11. The van der Waals surface area contributed by atoms with Crippen molar-refractivity contribution < 1.29 is 9.78 Å². The highest BCUT2D eigenvalue weighted by Gasteiger charge is 2.16. The van der Waals surface area contributed by atoms with Crippen molar-refractivity contribution in [3.63, 3.8) is 0 Å². The summed E-state index contributed by atoms with van der Waals surface area (Å²) >= 11 is 0. The zero-order chi connectivity index (χ0) is 11.1. The van der Waals surface area contributed by atoms with Gasteiger partial charge in [-0.05, 0) is 25.7 Å². The maximum Gasteiger partial charge on any atom is 0.0927 e. The van der Waals surface area contributed by atoms with E-state index < -0.39 is 0 Å². The molecule has 0 saturated carbocycles. The molecule has 4 atom stereocenters. The van der Waals surface area contributed by atoms with Crippen molar-refractivity contribution in [2.45, 2.75) is 66.6 Å². The van der Waals surface area contributed by atoms with Gasteiger partial charge in [0.15, 0.2) is 0 Å². The largest absolute Gasteiger partial charge is 0.233 e. The van der Waals surface area contributed by atoms with Crippen molar-refractivity contribution in [3.8, 4) is 0 Å². The molecule has 0 radical (unpaired) electrons. The van der Waals surface area contributed by atoms with Crippen molar-refractivity contribution in [2.24, 2.45) is 11.8 Å². The lowest BCUT2D eigenvalue weighted by Gasteiger charge is -2.23. The molecule has 86 valence electrons. The number of hydrogen-bond acceptors (Lipinski definition) is 2. The second-order valence-corrected chi connectivity index (χ2v) is 4.37. The molecule has 0 fully saturated rings. The van der Waals surface area contributed by atoms with E-state index in [0.717, 1.165) is 12.8 Å². The van der Waals surface area contributed by atoms with Crippen molar-refractivity contribution in [2.75, 3.05) is 0 Å². The van der Waals surface area contributed by atoms with Gasteiger partial charge in [0.1, 0.15) is 0 Å². The normalized spacial score (nSPS) is 20.1. The average Bonchev–Trinajstić information content (AvgIpc) is 2.22. The minimum Gasteiger partial charge on any atom is -0.233 e. The van der Waals surface area contributed by atoms with Crippen LogP contribution in [0.4, 0.5) is 0 Å². The molecule has 14 heavy (non-hydrogen) atoms. The first-order chi connectivity index (χ1) is 6.52. The minimum atomic E-state index is 0.187. The van der Waals surface area contributed by atoms with Crippen LogP contribution in [0.5, 0.6) is 0 Å². The molecule has 4 unspecified atom stereocenters. The topological polar surface area (TPSA) is 18.5 Å². The third-order valence-corrected chi connectivity index (χ3v) is 3.25. The van der Waals surface area contributed by atoms with Gasteiger partial charge in [-0.2, -0.15) is 0 Å². The van der Waals surface area contributed by atoms with Gasteiger partial charge in [-0.15, -0.1) is 0 Å². The van der Waals surface area contributed by atoms with Gasteiger partial charge in [-0.25, -0.2) is 9.78 Å². The minimum absolute atomic E-state index is 0.187. The fourth-order valence-corrected chi connectivity index (χ4v) is 1.03. The molecule has 0 aromatic heterocycles. The average molecular weight is 202 g/mol. The molecule has 2 nitrogen and oxygen atoms in total. The SMILES string of the molecule is CCC(C)C(C)OOC(C)C(C)CC. The second-order valence-electron chi connectivity index (χ2n) is 4.37. The van der Waals surface area contributed by atoms with E-state index in [0.29, 0.717) is 11.8 Å². The van der Waals surface area contributed by atoms with E-state index in [1.807, 2.05) is 0 Å². The quantitative estimate of drug-likeness (QED) is 0.462. The maximum atomic E-state index is 5.38. The summed E-state index contributed by atoms with van der Waals surface area (Å²) in [5, 5.41) is 0. The number of hydrogen-bond donors (Lipinski definition) is 0. The monoisotopic (exact) mass is 202 g/mol. The fourth-order valence-electron chi connectivity index (χ4n) is 1.03. The molecule has 0 aliphatic heterocycles. The molecule has 0 N–H and O–H groups in total. The first-order valence-corrected chi connectivity index (χ1v) is 5.84. The maximum absolute atomic E-state index is 5.38. The first-order valence-electron chi connectivity index (χ1n) is 5.84. The van der Waals surface area contributed by atoms with Gasteiger partial charge < -0.3 is 0 Å². The molecule has 0 aliphatic carbocycles. The summed E-state index contributed by atoms with van der Waals surface area (Å²) in [6.45, 7) is 12.8. The van der Waals surface area contributed by atoms with Crippen LogP contribution in [0.3, 0.4) is 0 Å². The summed E-state index contributed by atoms with van der Waals surface area (Å²) in [7, 11) is 0. The Balaban J connectivity index is 3.70. The van der Waals surface area contributed by atoms with Crippen LogP contribution in [0, 0.1) is 11.8 Å². The van der Waals surface area contributed by atoms with Crippen LogP contribution in [0.2, 0.25) is 0 Å². The van der Waals surface area contributed by atoms with Gasteiger partial charge in [-0.1, -0.05) is 40.5 Å². The summed E-state index contributed by atoms with van der Waals surface area (Å²) in [5.41, 5.74) is 0. The fraction of sp³-hybridized carbons (Fsp3) is 1.00. The highest BCUT2D eigenvalue weighted by Crippen LogP contribution is 2.15. The molecule has 0 amide bonds. The van der Waals surface area contributed by atoms with Crippen LogP contribution >= 0.6 is 0 Å². The molecule has 0 saturated heterocycles. The molecule has 0 aromatic carbocycles. The summed E-state index contributed by atoms with van der Waals surface area (Å²) in [6.07, 6.45) is 2.63. The molecule has 0 aromatic rings. The van der Waals surface area contributed by atoms with Crippen molar-refractivity contribution >= 4 is 0 Å². The number of rotatable bonds is 7. The van der Waals surface area contributed by atoms with Crippen LogP contribution in [0.15, 0.2) is 0 Å². The Labute approximate surface area is 88.9 Å². The predicted molar refractivity (Wildman–Crippen MR) is 60.0 cm³/mol. The highest BCUT2D eigenvalue weighted by molar-refractivity contribution is 4.59. The molecule has 0 aliphatic rings. The Morgan fingerprint density at radius 3 is 1.21 bits per heavy atom. The third-order valence-electron chi connectivity index (χ3n) is 3.25. The zero-order valence-electron chi connectivity index (χ0n) is 10.5. The van der Waals surface area contributed by atoms with E-state index in [1.54, 1.807) is 0 Å². The second kappa shape index (κ2) is 7.24. The lowest BCUT2D eigenvalue weighted by molar-refractivity contribution is -0.358. The van der Waals surface area contributed by atoms with Gasteiger partial charge in [0.05, 0.1) is 12.2 Å². The summed E-state index contributed by atoms with van der Waals surface area (Å²) < 4.78 is 0. The van der Waals surface area contributed by atoms with E-state index in [4.69, 9.17) is 9.78 Å². The molecular weight excluding hydrogens is 176 g/mol. The van der Waals surface area contributed by atoms with E-state index in [-0.39, 0.29) is 12.2 Å². The van der Waals surface area contributed by atoms with Crippen molar-refractivity contribution in [3.05, 3.63) is 0 Å². The van der Waals surface area contributed by atoms with E-state index >= 15 is 0 Å². The van der Waals surface area contributed by atoms with Gasteiger partial charge in [0.2, 0.25) is 0 Å². The smallest absolute Gasteiger partial charge is 0.0927 e. The van der Waals surface area contributed by atoms with Crippen molar-refractivity contribution in [1.29, 1.82) is 0 Å². The Kier molecular flexibility index (Phi) is 7.20. The Morgan fingerprint density at radius 2 is 1.00 bits per heavy atom.